The van der Waals surface area contributed by atoms with Crippen molar-refractivity contribution in [2.24, 2.45) is 0 Å². The van der Waals surface area contributed by atoms with Gasteiger partial charge in [-0.3, -0.25) is 49.4 Å². The normalized spacial score (nSPS) is 15.0. The fourth-order valence-electron chi connectivity index (χ4n) is 1.79. The number of carboxylic acid groups (broad SMARTS) is 1. The molecule has 2 saturated heterocycles. The van der Waals surface area contributed by atoms with Crippen LogP contribution in [0.15, 0.2) is 54.0 Å². The Balaban J connectivity index is 0.000000245. The van der Waals surface area contributed by atoms with Crippen LogP contribution in [0.2, 0.25) is 0 Å². The molecule has 0 aromatic carbocycles. The van der Waals surface area contributed by atoms with Crippen LogP contribution in [0.1, 0.15) is 22.8 Å². The Morgan fingerprint density at radius 3 is 1.76 bits per heavy atom. The van der Waals surface area contributed by atoms with Crippen molar-refractivity contribution in [2.75, 3.05) is 5.75 Å². The molecule has 0 bridgehead atoms. The summed E-state index contributed by atoms with van der Waals surface area (Å²) < 4.78 is 0. The van der Waals surface area contributed by atoms with Crippen LogP contribution in [0.3, 0.4) is 0 Å². The highest BCUT2D eigenvalue weighted by atomic mass is 32.2. The zero-order chi connectivity index (χ0) is 24.6. The molecule has 2 aromatic heterocycles. The van der Waals surface area contributed by atoms with Crippen LogP contribution in [-0.2, 0) is 14.4 Å². The molecule has 4 amide bonds. The minimum Gasteiger partial charge on any atom is -0.481 e. The number of carboxylic acids is 1. The molecule has 2 fully saturated rings. The van der Waals surface area contributed by atoms with Crippen LogP contribution in [0.4, 0.5) is 9.59 Å². The van der Waals surface area contributed by atoms with Crippen molar-refractivity contribution in [3.05, 3.63) is 65.1 Å². The molecule has 0 unspecified atom stereocenters. The number of pyridine rings is 2. The maximum absolute atomic E-state index is 11.2. The van der Waals surface area contributed by atoms with Crippen LogP contribution < -0.4 is 10.6 Å². The van der Waals surface area contributed by atoms with Crippen molar-refractivity contribution in [1.29, 1.82) is 0 Å². The summed E-state index contributed by atoms with van der Waals surface area (Å²) in [6.07, 6.45) is 8.89. The van der Waals surface area contributed by atoms with Gasteiger partial charge in [-0.05, 0) is 47.7 Å². The largest absolute Gasteiger partial charge is 0.481 e. The average Bonchev–Trinajstić information content (AvgIpc) is 3.32. The van der Waals surface area contributed by atoms with Crippen LogP contribution in [0.25, 0.3) is 6.08 Å². The Hall–Kier alpha value is -3.84. The molecule has 4 heterocycles. The van der Waals surface area contributed by atoms with Crippen LogP contribution in [-0.4, -0.2) is 55.4 Å². The molecule has 2 aliphatic heterocycles. The lowest BCUT2D eigenvalue weighted by Crippen LogP contribution is -2.18. The number of rotatable bonds is 2. The Morgan fingerprint density at radius 1 is 0.939 bits per heavy atom. The zero-order valence-electron chi connectivity index (χ0n) is 17.1. The molecule has 0 saturated carbocycles. The van der Waals surface area contributed by atoms with Crippen LogP contribution in [0, 0.1) is 0 Å². The number of aldehydes is 1. The number of hydrogen-bond donors (Lipinski definition) is 3. The Morgan fingerprint density at radius 2 is 1.45 bits per heavy atom. The highest BCUT2D eigenvalue weighted by Crippen LogP contribution is 2.25. The topological polar surface area (TPSA) is 172 Å². The van der Waals surface area contributed by atoms with Gasteiger partial charge in [-0.2, -0.15) is 0 Å². The van der Waals surface area contributed by atoms with Gasteiger partial charge in [0, 0.05) is 37.3 Å². The van der Waals surface area contributed by atoms with Crippen LogP contribution in [0.5, 0.6) is 0 Å². The molecule has 3 N–H and O–H groups in total. The van der Waals surface area contributed by atoms with Gasteiger partial charge in [0.2, 0.25) is 5.91 Å². The second-order valence-corrected chi connectivity index (χ2v) is 7.64. The number of carbonyl (C=O) groups excluding carboxylic acids is 5. The van der Waals surface area contributed by atoms with E-state index in [1.165, 1.54) is 0 Å². The molecule has 11 nitrogen and oxygen atoms in total. The van der Waals surface area contributed by atoms with E-state index in [0.29, 0.717) is 16.2 Å². The molecule has 0 spiro atoms. The standard InChI is InChI=1S/C9H6N2O2S.C6H5NO.C3H3NO2S.C2H4O2/c12-8-7(14-9(13)11-8)5-6-1-3-10-4-2-6;8-5-6-1-3-7-4-2-6;5-2-1-7-3(6)4-2;1-2(3)4/h1-5H,(H,11,12,13);1-5H;1H2,(H,4,5,6);1H3,(H,3,4)/b7-5-;;;. The number of hydrogen-bond acceptors (Lipinski definition) is 10. The van der Waals surface area contributed by atoms with Gasteiger partial charge in [0.05, 0.1) is 10.7 Å². The Kier molecular flexibility index (Phi) is 12.4. The van der Waals surface area contributed by atoms with Gasteiger partial charge in [0.25, 0.3) is 22.4 Å². The number of aromatic nitrogens is 2. The third-order valence-electron chi connectivity index (χ3n) is 3.06. The smallest absolute Gasteiger partial charge is 0.300 e. The average molecular weight is 491 g/mol. The van der Waals surface area contributed by atoms with E-state index >= 15 is 0 Å². The van der Waals surface area contributed by atoms with Gasteiger partial charge < -0.3 is 5.11 Å². The van der Waals surface area contributed by atoms with Gasteiger partial charge in [0.1, 0.15) is 6.29 Å². The van der Waals surface area contributed by atoms with Crippen molar-refractivity contribution in [1.82, 2.24) is 20.6 Å². The van der Waals surface area contributed by atoms with Crippen molar-refractivity contribution in [3.63, 3.8) is 0 Å². The molecule has 0 atom stereocenters. The first kappa shape index (κ1) is 27.2. The summed E-state index contributed by atoms with van der Waals surface area (Å²) in [6, 6.07) is 6.85. The molecule has 2 aliphatic rings. The van der Waals surface area contributed by atoms with E-state index < -0.39 is 5.97 Å². The highest BCUT2D eigenvalue weighted by molar-refractivity contribution is 8.18. The maximum atomic E-state index is 11.2. The van der Waals surface area contributed by atoms with E-state index in [1.54, 1.807) is 55.1 Å². The number of aliphatic carboxylic acids is 1. The molecular weight excluding hydrogens is 472 g/mol. The fraction of sp³-hybridized carbons (Fsp3) is 0.100. The quantitative estimate of drug-likeness (QED) is 0.416. The lowest BCUT2D eigenvalue weighted by Gasteiger charge is -1.92. The number of carbonyl (C=O) groups is 6. The third-order valence-corrected chi connectivity index (χ3v) is 4.65. The van der Waals surface area contributed by atoms with Crippen molar-refractivity contribution in [2.45, 2.75) is 6.92 Å². The summed E-state index contributed by atoms with van der Waals surface area (Å²) in [5, 5.41) is 11.2. The van der Waals surface area contributed by atoms with E-state index in [9.17, 15) is 24.0 Å². The molecule has 2 aromatic rings. The predicted octanol–water partition coefficient (Wildman–Crippen LogP) is 2.36. The van der Waals surface area contributed by atoms with Crippen molar-refractivity contribution >= 4 is 64.1 Å². The number of nitrogens with zero attached hydrogens (tertiary/aromatic N) is 2. The number of imide groups is 2. The van der Waals surface area contributed by atoms with E-state index in [1.807, 2.05) is 0 Å². The van der Waals surface area contributed by atoms with Gasteiger partial charge in [-0.1, -0.05) is 11.8 Å². The number of nitrogens with one attached hydrogen (secondary N) is 2. The minimum atomic E-state index is -0.833. The van der Waals surface area contributed by atoms with Crippen molar-refractivity contribution < 1.29 is 33.9 Å². The maximum Gasteiger partial charge on any atom is 0.300 e. The van der Waals surface area contributed by atoms with Gasteiger partial charge in [-0.25, -0.2) is 0 Å². The van der Waals surface area contributed by atoms with Crippen LogP contribution >= 0.6 is 23.5 Å². The molecule has 0 radical (unpaired) electrons. The fourth-order valence-corrected chi connectivity index (χ4v) is 2.99. The summed E-state index contributed by atoms with van der Waals surface area (Å²) >= 11 is 1.92. The zero-order valence-corrected chi connectivity index (χ0v) is 18.7. The lowest BCUT2D eigenvalue weighted by atomic mass is 10.2. The summed E-state index contributed by atoms with van der Waals surface area (Å²) in [5.41, 5.74) is 1.52. The Bertz CT molecular complexity index is 1010. The second-order valence-electron chi connectivity index (χ2n) is 5.67. The molecule has 172 valence electrons. The summed E-state index contributed by atoms with van der Waals surface area (Å²) in [4.78, 5) is 69.2. The van der Waals surface area contributed by atoms with Gasteiger partial charge >= 0.3 is 0 Å². The SMILES string of the molecule is CC(=O)O.O=C1CSC(=O)N1.O=C1NC(=O)/C(=C/c2ccncc2)S1.O=Cc1ccncc1. The summed E-state index contributed by atoms with van der Waals surface area (Å²) in [7, 11) is 0. The number of thioether (sulfide) groups is 2. The number of amides is 4. The van der Waals surface area contributed by atoms with Crippen molar-refractivity contribution in [3.8, 4) is 0 Å². The predicted molar refractivity (Wildman–Crippen MR) is 122 cm³/mol. The first-order chi connectivity index (χ1) is 15.7. The summed E-state index contributed by atoms with van der Waals surface area (Å²) in [5.74, 6) is -1.06. The minimum absolute atomic E-state index is 0.185. The van der Waals surface area contributed by atoms with E-state index in [4.69, 9.17) is 9.90 Å². The van der Waals surface area contributed by atoms with E-state index in [-0.39, 0.29) is 22.3 Å². The molecular formula is C20H18N4O7S2. The second kappa shape index (κ2) is 15.0. The van der Waals surface area contributed by atoms with E-state index in [2.05, 4.69) is 20.6 Å². The monoisotopic (exact) mass is 490 g/mol. The van der Waals surface area contributed by atoms with E-state index in [0.717, 1.165) is 42.3 Å². The third kappa shape index (κ3) is 12.6. The first-order valence-electron chi connectivity index (χ1n) is 8.87. The van der Waals surface area contributed by atoms with Gasteiger partial charge in [0.15, 0.2) is 0 Å². The molecule has 0 aliphatic carbocycles. The first-order valence-corrected chi connectivity index (χ1v) is 10.7. The van der Waals surface area contributed by atoms with Gasteiger partial charge in [-0.15, -0.1) is 0 Å². The highest BCUT2D eigenvalue weighted by Gasteiger charge is 2.24. The molecule has 13 heteroatoms. The lowest BCUT2D eigenvalue weighted by molar-refractivity contribution is -0.134. The Labute approximate surface area is 196 Å². The summed E-state index contributed by atoms with van der Waals surface area (Å²) in [6.45, 7) is 1.08. The molecule has 33 heavy (non-hydrogen) atoms. The molecule has 4 rings (SSSR count).